The van der Waals surface area contributed by atoms with Gasteiger partial charge in [0.05, 0.1) is 26.4 Å². The third kappa shape index (κ3) is 13.8. The van der Waals surface area contributed by atoms with E-state index in [0.29, 0.717) is 46.1 Å². The molecule has 5 nitrogen and oxygen atoms in total. The highest BCUT2D eigenvalue weighted by atomic mass is 16.5. The van der Waals surface area contributed by atoms with E-state index in [9.17, 15) is 0 Å². The molecule has 1 N–H and O–H groups in total. The van der Waals surface area contributed by atoms with Crippen LogP contribution in [0.25, 0.3) is 0 Å². The number of aliphatic hydroxyl groups excluding tert-OH is 1. The number of ether oxygens (including phenoxy) is 4. The van der Waals surface area contributed by atoms with Gasteiger partial charge >= 0.3 is 0 Å². The Labute approximate surface area is 97.6 Å². The van der Waals surface area contributed by atoms with Crippen molar-refractivity contribution in [3.05, 3.63) is 0 Å². The van der Waals surface area contributed by atoms with Gasteiger partial charge in [0.1, 0.15) is 0 Å². The highest BCUT2D eigenvalue weighted by Crippen LogP contribution is 1.85. The Morgan fingerprint density at radius 2 is 1.19 bits per heavy atom. The summed E-state index contributed by atoms with van der Waals surface area (Å²) in [6, 6.07) is 0. The summed E-state index contributed by atoms with van der Waals surface area (Å²) in [4.78, 5) is 0. The predicted molar refractivity (Wildman–Crippen MR) is 60.7 cm³/mol. The first kappa shape index (κ1) is 15.8. The summed E-state index contributed by atoms with van der Waals surface area (Å²) in [6.07, 6.45) is 1.60. The van der Waals surface area contributed by atoms with Crippen molar-refractivity contribution in [1.29, 1.82) is 0 Å². The Balaban J connectivity index is 2.83. The zero-order valence-corrected chi connectivity index (χ0v) is 10.2. The molecule has 16 heavy (non-hydrogen) atoms. The van der Waals surface area contributed by atoms with Gasteiger partial charge in [-0.05, 0) is 12.8 Å². The lowest BCUT2D eigenvalue weighted by atomic mass is 10.5. The van der Waals surface area contributed by atoms with Crippen LogP contribution in [0, 0.1) is 0 Å². The van der Waals surface area contributed by atoms with Crippen molar-refractivity contribution in [2.75, 3.05) is 60.0 Å². The van der Waals surface area contributed by atoms with Gasteiger partial charge in [0.25, 0.3) is 0 Å². The number of methoxy groups -OCH3 is 1. The molecule has 0 aliphatic rings. The topological polar surface area (TPSA) is 57.2 Å². The van der Waals surface area contributed by atoms with Crippen molar-refractivity contribution in [3.63, 3.8) is 0 Å². The van der Waals surface area contributed by atoms with Gasteiger partial charge in [-0.1, -0.05) is 0 Å². The Morgan fingerprint density at radius 1 is 0.688 bits per heavy atom. The van der Waals surface area contributed by atoms with Crippen molar-refractivity contribution >= 4 is 0 Å². The highest BCUT2D eigenvalue weighted by molar-refractivity contribution is 4.36. The van der Waals surface area contributed by atoms with E-state index in [0.717, 1.165) is 13.0 Å². The minimum atomic E-state index is 0.177. The van der Waals surface area contributed by atoms with E-state index < -0.39 is 0 Å². The van der Waals surface area contributed by atoms with Crippen LogP contribution in [0.15, 0.2) is 0 Å². The first-order valence-electron chi connectivity index (χ1n) is 5.75. The second-order valence-corrected chi connectivity index (χ2v) is 3.26. The van der Waals surface area contributed by atoms with E-state index in [1.807, 2.05) is 0 Å². The molecule has 0 aromatic rings. The molecule has 0 atom stereocenters. The fraction of sp³-hybridized carbons (Fsp3) is 1.00. The zero-order chi connectivity index (χ0) is 11.9. The van der Waals surface area contributed by atoms with Crippen molar-refractivity contribution in [3.8, 4) is 0 Å². The smallest absolute Gasteiger partial charge is 0.0701 e. The van der Waals surface area contributed by atoms with Gasteiger partial charge < -0.3 is 24.1 Å². The van der Waals surface area contributed by atoms with Crippen LogP contribution in [0.1, 0.15) is 12.8 Å². The number of aliphatic hydroxyl groups is 1. The average molecular weight is 236 g/mol. The van der Waals surface area contributed by atoms with Gasteiger partial charge in [0.2, 0.25) is 0 Å². The van der Waals surface area contributed by atoms with Crippen LogP contribution < -0.4 is 0 Å². The molecule has 5 heteroatoms. The summed E-state index contributed by atoms with van der Waals surface area (Å²) in [7, 11) is 1.68. The van der Waals surface area contributed by atoms with E-state index in [2.05, 4.69) is 0 Å². The van der Waals surface area contributed by atoms with Crippen LogP contribution in [0.5, 0.6) is 0 Å². The molecule has 0 aliphatic heterocycles. The normalized spacial score (nSPS) is 10.9. The second kappa shape index (κ2) is 14.8. The monoisotopic (exact) mass is 236 g/mol. The lowest BCUT2D eigenvalue weighted by Gasteiger charge is -2.06. The van der Waals surface area contributed by atoms with E-state index >= 15 is 0 Å². The van der Waals surface area contributed by atoms with E-state index in [1.165, 1.54) is 0 Å². The first-order valence-corrected chi connectivity index (χ1v) is 5.75. The molecular formula is C11H24O5. The number of hydrogen-bond donors (Lipinski definition) is 1. The van der Waals surface area contributed by atoms with Gasteiger partial charge in [0, 0.05) is 33.5 Å². The molecule has 0 rings (SSSR count). The van der Waals surface area contributed by atoms with Crippen molar-refractivity contribution < 1.29 is 24.1 Å². The summed E-state index contributed by atoms with van der Waals surface area (Å²) in [5.41, 5.74) is 0. The van der Waals surface area contributed by atoms with Gasteiger partial charge in [0.15, 0.2) is 0 Å². The van der Waals surface area contributed by atoms with Crippen LogP contribution in [0.2, 0.25) is 0 Å². The van der Waals surface area contributed by atoms with Gasteiger partial charge in [-0.3, -0.25) is 0 Å². The third-order valence-corrected chi connectivity index (χ3v) is 1.83. The van der Waals surface area contributed by atoms with Crippen LogP contribution in [-0.4, -0.2) is 65.1 Å². The molecule has 0 aromatic carbocycles. The maximum absolute atomic E-state index is 8.49. The number of rotatable bonds is 13. The lowest BCUT2D eigenvalue weighted by molar-refractivity contribution is 0.00939. The van der Waals surface area contributed by atoms with Gasteiger partial charge in [-0.25, -0.2) is 0 Å². The molecule has 0 spiro atoms. The fourth-order valence-corrected chi connectivity index (χ4v) is 1.01. The Hall–Kier alpha value is -0.200. The Kier molecular flexibility index (Phi) is 14.6. The van der Waals surface area contributed by atoms with Crippen molar-refractivity contribution in [2.24, 2.45) is 0 Å². The summed E-state index contributed by atoms with van der Waals surface area (Å²) < 4.78 is 20.7. The molecule has 0 bridgehead atoms. The summed E-state index contributed by atoms with van der Waals surface area (Å²) in [6.45, 7) is 4.57. The summed E-state index contributed by atoms with van der Waals surface area (Å²) in [5, 5.41) is 8.49. The predicted octanol–water partition coefficient (Wildman–Crippen LogP) is 0.455. The van der Waals surface area contributed by atoms with E-state index in [4.69, 9.17) is 24.1 Å². The second-order valence-electron chi connectivity index (χ2n) is 3.26. The minimum Gasteiger partial charge on any atom is -0.396 e. The van der Waals surface area contributed by atoms with Gasteiger partial charge in [-0.2, -0.15) is 0 Å². The number of hydrogen-bond acceptors (Lipinski definition) is 5. The fourth-order valence-electron chi connectivity index (χ4n) is 1.01. The average Bonchev–Trinajstić information content (AvgIpc) is 2.31. The molecule has 0 amide bonds. The summed E-state index contributed by atoms with van der Waals surface area (Å²) >= 11 is 0. The van der Waals surface area contributed by atoms with Crippen LogP contribution in [-0.2, 0) is 18.9 Å². The Bertz CT molecular complexity index is 107. The quantitative estimate of drug-likeness (QED) is 0.471. The SMILES string of the molecule is COCCCOCCOCCOCCCO. The lowest BCUT2D eigenvalue weighted by Crippen LogP contribution is -2.11. The standard InChI is InChI=1S/C11H24O5/c1-13-5-3-7-15-9-11-16-10-8-14-6-2-4-12/h12H,2-11H2,1H3. The molecule has 0 saturated heterocycles. The van der Waals surface area contributed by atoms with Crippen LogP contribution in [0.4, 0.5) is 0 Å². The highest BCUT2D eigenvalue weighted by Gasteiger charge is 1.91. The molecule has 0 aliphatic carbocycles. The molecular weight excluding hydrogens is 212 g/mol. The maximum Gasteiger partial charge on any atom is 0.0701 e. The van der Waals surface area contributed by atoms with Gasteiger partial charge in [-0.15, -0.1) is 0 Å². The Morgan fingerprint density at radius 3 is 1.69 bits per heavy atom. The maximum atomic E-state index is 8.49. The van der Waals surface area contributed by atoms with Crippen molar-refractivity contribution in [1.82, 2.24) is 0 Å². The minimum absolute atomic E-state index is 0.177. The molecule has 98 valence electrons. The van der Waals surface area contributed by atoms with E-state index in [-0.39, 0.29) is 6.61 Å². The zero-order valence-electron chi connectivity index (χ0n) is 10.2. The van der Waals surface area contributed by atoms with Crippen LogP contribution >= 0.6 is 0 Å². The van der Waals surface area contributed by atoms with Crippen LogP contribution in [0.3, 0.4) is 0 Å². The van der Waals surface area contributed by atoms with Crippen molar-refractivity contribution in [2.45, 2.75) is 12.8 Å². The molecule has 0 unspecified atom stereocenters. The van der Waals surface area contributed by atoms with E-state index in [1.54, 1.807) is 7.11 Å². The third-order valence-electron chi connectivity index (χ3n) is 1.83. The summed E-state index contributed by atoms with van der Waals surface area (Å²) in [5.74, 6) is 0. The molecule has 0 heterocycles. The molecule has 0 aromatic heterocycles. The molecule has 0 saturated carbocycles. The first-order chi connectivity index (χ1) is 7.91. The largest absolute Gasteiger partial charge is 0.396 e. The molecule has 0 fully saturated rings. The molecule has 0 radical (unpaired) electrons.